The molecule has 0 atom stereocenters. The Morgan fingerprint density at radius 3 is 2.50 bits per heavy atom. The third-order valence-corrected chi connectivity index (χ3v) is 5.43. The number of hydrogen-bond donors (Lipinski definition) is 1. The standard InChI is InChI=1S/C21H19N3OS/c1-13-4-7-16(10-14(13)2)24-20-19-18(11-26-21(19)23-12-22-20)15-5-8-17(25-3)9-6-15/h4-12H,1-3H3,(H,22,23,24). The van der Waals surface area contributed by atoms with Crippen LogP contribution in [0.4, 0.5) is 11.5 Å². The van der Waals surface area contributed by atoms with Gasteiger partial charge in [-0.05, 0) is 54.8 Å². The molecule has 5 heteroatoms. The lowest BCUT2D eigenvalue weighted by Gasteiger charge is -2.10. The van der Waals surface area contributed by atoms with Gasteiger partial charge in [-0.2, -0.15) is 0 Å². The highest BCUT2D eigenvalue weighted by atomic mass is 32.1. The zero-order valence-electron chi connectivity index (χ0n) is 14.9. The first-order chi connectivity index (χ1) is 12.7. The molecule has 0 bridgehead atoms. The van der Waals surface area contributed by atoms with E-state index >= 15 is 0 Å². The second kappa shape index (κ2) is 6.77. The number of anilines is 2. The zero-order valence-corrected chi connectivity index (χ0v) is 15.7. The summed E-state index contributed by atoms with van der Waals surface area (Å²) in [6.07, 6.45) is 1.61. The van der Waals surface area contributed by atoms with E-state index in [2.05, 4.69) is 64.8 Å². The average Bonchev–Trinajstić information content (AvgIpc) is 3.10. The molecule has 4 rings (SSSR count). The van der Waals surface area contributed by atoms with Crippen molar-refractivity contribution in [3.63, 3.8) is 0 Å². The molecule has 26 heavy (non-hydrogen) atoms. The maximum Gasteiger partial charge on any atom is 0.143 e. The van der Waals surface area contributed by atoms with Crippen LogP contribution in [0.5, 0.6) is 5.75 Å². The Hall–Kier alpha value is -2.92. The van der Waals surface area contributed by atoms with Crippen LogP contribution < -0.4 is 10.1 Å². The van der Waals surface area contributed by atoms with Gasteiger partial charge in [-0.25, -0.2) is 9.97 Å². The van der Waals surface area contributed by atoms with E-state index in [0.29, 0.717) is 0 Å². The second-order valence-corrected chi connectivity index (χ2v) is 7.06. The Balaban J connectivity index is 1.79. The number of nitrogens with zero attached hydrogens (tertiary/aromatic N) is 2. The van der Waals surface area contributed by atoms with Crippen LogP contribution in [0.15, 0.2) is 54.2 Å². The minimum absolute atomic E-state index is 0.824. The number of nitrogens with one attached hydrogen (secondary N) is 1. The molecule has 2 heterocycles. The van der Waals surface area contributed by atoms with Crippen LogP contribution in [0.2, 0.25) is 0 Å². The van der Waals surface area contributed by atoms with Crippen LogP contribution in [0, 0.1) is 13.8 Å². The zero-order chi connectivity index (χ0) is 18.1. The van der Waals surface area contributed by atoms with Crippen LogP contribution in [0.1, 0.15) is 11.1 Å². The van der Waals surface area contributed by atoms with Gasteiger partial charge in [0.05, 0.1) is 12.5 Å². The largest absolute Gasteiger partial charge is 0.497 e. The summed E-state index contributed by atoms with van der Waals surface area (Å²) >= 11 is 1.63. The summed E-state index contributed by atoms with van der Waals surface area (Å²) < 4.78 is 5.26. The Labute approximate surface area is 156 Å². The summed E-state index contributed by atoms with van der Waals surface area (Å²) in [5.74, 6) is 1.67. The third kappa shape index (κ3) is 3.02. The SMILES string of the molecule is COc1ccc(-c2csc3ncnc(Nc4ccc(C)c(C)c4)c23)cc1. The first kappa shape index (κ1) is 16.5. The molecule has 0 spiro atoms. The van der Waals surface area contributed by atoms with E-state index in [0.717, 1.165) is 38.6 Å². The van der Waals surface area contributed by atoms with Crippen LogP contribution in [0.25, 0.3) is 21.3 Å². The van der Waals surface area contributed by atoms with Crippen LogP contribution in [-0.2, 0) is 0 Å². The van der Waals surface area contributed by atoms with Gasteiger partial charge >= 0.3 is 0 Å². The number of fused-ring (bicyclic) bond motifs is 1. The molecule has 2 aromatic carbocycles. The number of methoxy groups -OCH3 is 1. The smallest absolute Gasteiger partial charge is 0.143 e. The number of aryl methyl sites for hydroxylation is 2. The molecule has 4 aromatic rings. The van der Waals surface area contributed by atoms with Crippen LogP contribution in [0.3, 0.4) is 0 Å². The maximum atomic E-state index is 5.26. The fourth-order valence-corrected chi connectivity index (χ4v) is 3.82. The highest BCUT2D eigenvalue weighted by molar-refractivity contribution is 7.17. The van der Waals surface area contributed by atoms with Gasteiger partial charge in [0.2, 0.25) is 0 Å². The van der Waals surface area contributed by atoms with Crippen molar-refractivity contribution >= 4 is 33.1 Å². The van der Waals surface area contributed by atoms with E-state index < -0.39 is 0 Å². The molecule has 0 aliphatic carbocycles. The monoisotopic (exact) mass is 361 g/mol. The minimum Gasteiger partial charge on any atom is -0.497 e. The highest BCUT2D eigenvalue weighted by Gasteiger charge is 2.13. The summed E-state index contributed by atoms with van der Waals surface area (Å²) in [5.41, 5.74) is 5.80. The van der Waals surface area contributed by atoms with Crippen molar-refractivity contribution in [2.75, 3.05) is 12.4 Å². The molecule has 4 nitrogen and oxygen atoms in total. The number of rotatable bonds is 4. The molecule has 130 valence electrons. The van der Waals surface area contributed by atoms with Gasteiger partial charge in [0, 0.05) is 16.6 Å². The molecule has 1 N–H and O–H groups in total. The van der Waals surface area contributed by atoms with Crippen molar-refractivity contribution in [3.8, 4) is 16.9 Å². The molecule has 0 saturated carbocycles. The minimum atomic E-state index is 0.824. The van der Waals surface area contributed by atoms with E-state index in [1.165, 1.54) is 11.1 Å². The molecule has 0 radical (unpaired) electrons. The van der Waals surface area contributed by atoms with E-state index in [4.69, 9.17) is 4.74 Å². The fraction of sp³-hybridized carbons (Fsp3) is 0.143. The van der Waals surface area contributed by atoms with Gasteiger partial charge < -0.3 is 10.1 Å². The van der Waals surface area contributed by atoms with Gasteiger partial charge in [-0.3, -0.25) is 0 Å². The van der Waals surface area contributed by atoms with E-state index in [1.807, 2.05) is 12.1 Å². The van der Waals surface area contributed by atoms with E-state index in [1.54, 1.807) is 24.8 Å². The lowest BCUT2D eigenvalue weighted by molar-refractivity contribution is 0.415. The van der Waals surface area contributed by atoms with Crippen LogP contribution in [-0.4, -0.2) is 17.1 Å². The molecule has 0 aliphatic rings. The predicted octanol–water partition coefficient (Wildman–Crippen LogP) is 5.73. The number of hydrogen-bond acceptors (Lipinski definition) is 5. The maximum absolute atomic E-state index is 5.26. The number of benzene rings is 2. The second-order valence-electron chi connectivity index (χ2n) is 6.20. The molecule has 2 aromatic heterocycles. The normalized spacial score (nSPS) is 10.9. The highest BCUT2D eigenvalue weighted by Crippen LogP contribution is 2.38. The molecule has 0 fully saturated rings. The lowest BCUT2D eigenvalue weighted by Crippen LogP contribution is -1.96. The lowest BCUT2D eigenvalue weighted by atomic mass is 10.1. The van der Waals surface area contributed by atoms with Gasteiger partial charge in [0.1, 0.15) is 22.7 Å². The fourth-order valence-electron chi connectivity index (χ4n) is 2.91. The summed E-state index contributed by atoms with van der Waals surface area (Å²) in [4.78, 5) is 9.91. The van der Waals surface area contributed by atoms with E-state index in [-0.39, 0.29) is 0 Å². The van der Waals surface area contributed by atoms with Crippen molar-refractivity contribution in [3.05, 3.63) is 65.3 Å². The predicted molar refractivity (Wildman–Crippen MR) is 109 cm³/mol. The molecule has 0 aliphatic heterocycles. The van der Waals surface area contributed by atoms with Crippen LogP contribution >= 0.6 is 11.3 Å². The van der Waals surface area contributed by atoms with Crippen molar-refractivity contribution < 1.29 is 4.74 Å². The first-order valence-electron chi connectivity index (χ1n) is 8.36. The number of aromatic nitrogens is 2. The summed E-state index contributed by atoms with van der Waals surface area (Å²) in [6, 6.07) is 14.4. The third-order valence-electron chi connectivity index (χ3n) is 4.54. The van der Waals surface area contributed by atoms with Gasteiger partial charge in [-0.15, -0.1) is 11.3 Å². The van der Waals surface area contributed by atoms with Crippen molar-refractivity contribution in [1.29, 1.82) is 0 Å². The van der Waals surface area contributed by atoms with Crippen molar-refractivity contribution in [2.24, 2.45) is 0 Å². The topological polar surface area (TPSA) is 47.0 Å². The summed E-state index contributed by atoms with van der Waals surface area (Å²) in [5, 5.41) is 6.64. The quantitative estimate of drug-likeness (QED) is 0.504. The molecule has 0 saturated heterocycles. The first-order valence-corrected chi connectivity index (χ1v) is 9.24. The number of thiophene rings is 1. The summed E-state index contributed by atoms with van der Waals surface area (Å²) in [6.45, 7) is 4.23. The van der Waals surface area contributed by atoms with Crippen molar-refractivity contribution in [2.45, 2.75) is 13.8 Å². The van der Waals surface area contributed by atoms with E-state index in [9.17, 15) is 0 Å². The average molecular weight is 361 g/mol. The molecular formula is C21H19N3OS. The van der Waals surface area contributed by atoms with Gasteiger partial charge in [0.25, 0.3) is 0 Å². The van der Waals surface area contributed by atoms with Crippen molar-refractivity contribution in [1.82, 2.24) is 9.97 Å². The van der Waals surface area contributed by atoms with Gasteiger partial charge in [-0.1, -0.05) is 18.2 Å². The summed E-state index contributed by atoms with van der Waals surface area (Å²) in [7, 11) is 1.68. The Morgan fingerprint density at radius 1 is 0.962 bits per heavy atom. The van der Waals surface area contributed by atoms with Gasteiger partial charge in [0.15, 0.2) is 0 Å². The Bertz CT molecular complexity index is 1070. The Kier molecular flexibility index (Phi) is 4.31. The number of ether oxygens (including phenoxy) is 1. The Morgan fingerprint density at radius 2 is 1.77 bits per heavy atom. The molecular weight excluding hydrogens is 342 g/mol. The molecule has 0 unspecified atom stereocenters. The molecule has 0 amide bonds.